The smallest absolute Gasteiger partial charge is 0.251 e. The molecule has 1 aliphatic heterocycles. The summed E-state index contributed by atoms with van der Waals surface area (Å²) in [5, 5.41) is 11.5. The molecule has 1 aliphatic rings. The molecule has 2 heterocycles. The van der Waals surface area contributed by atoms with Gasteiger partial charge in [0.05, 0.1) is 32.4 Å². The summed E-state index contributed by atoms with van der Waals surface area (Å²) in [6, 6.07) is 7.61. The second-order valence-corrected chi connectivity index (χ2v) is 5.33. The number of morpholine rings is 1. The number of benzene rings is 1. The predicted octanol–water partition coefficient (Wildman–Crippen LogP) is 1.17. The molecule has 1 N–H and O–H groups in total. The average molecular weight is 318 g/mol. The number of methoxy groups -OCH3 is 1. The van der Waals surface area contributed by atoms with Crippen LogP contribution in [0, 0.1) is 0 Å². The summed E-state index contributed by atoms with van der Waals surface area (Å²) < 4.78 is 16.4. The van der Waals surface area contributed by atoms with Gasteiger partial charge in [-0.2, -0.15) is 0 Å². The molecule has 2 aromatic rings. The number of ether oxygens (including phenoxy) is 2. The number of aromatic nitrogens is 2. The van der Waals surface area contributed by atoms with Crippen molar-refractivity contribution < 1.29 is 13.9 Å². The van der Waals surface area contributed by atoms with Gasteiger partial charge in [-0.15, -0.1) is 10.2 Å². The van der Waals surface area contributed by atoms with Crippen molar-refractivity contribution in [2.24, 2.45) is 0 Å². The van der Waals surface area contributed by atoms with Crippen LogP contribution in [0.15, 0.2) is 28.7 Å². The molecule has 23 heavy (non-hydrogen) atoms. The largest absolute Gasteiger partial charge is 0.496 e. The third-order valence-corrected chi connectivity index (χ3v) is 3.79. The van der Waals surface area contributed by atoms with E-state index in [9.17, 15) is 0 Å². The van der Waals surface area contributed by atoms with E-state index in [0.29, 0.717) is 18.3 Å². The van der Waals surface area contributed by atoms with E-state index in [1.165, 1.54) is 0 Å². The van der Waals surface area contributed by atoms with Gasteiger partial charge in [0.2, 0.25) is 5.89 Å². The van der Waals surface area contributed by atoms with Crippen molar-refractivity contribution in [2.75, 3.05) is 46.5 Å². The lowest BCUT2D eigenvalue weighted by molar-refractivity contribution is 0.0383. The highest BCUT2D eigenvalue weighted by Crippen LogP contribution is 2.28. The lowest BCUT2D eigenvalue weighted by Gasteiger charge is -2.26. The van der Waals surface area contributed by atoms with Crippen LogP contribution in [-0.2, 0) is 11.3 Å². The Morgan fingerprint density at radius 1 is 1.22 bits per heavy atom. The molecule has 0 saturated carbocycles. The van der Waals surface area contributed by atoms with E-state index in [-0.39, 0.29) is 0 Å². The molecule has 1 saturated heterocycles. The summed E-state index contributed by atoms with van der Waals surface area (Å²) in [5.74, 6) is 1.78. The van der Waals surface area contributed by atoms with Crippen molar-refractivity contribution in [3.05, 3.63) is 30.2 Å². The third kappa shape index (κ3) is 4.28. The van der Waals surface area contributed by atoms with E-state index in [0.717, 1.165) is 50.7 Å². The Bertz CT molecular complexity index is 611. The van der Waals surface area contributed by atoms with Gasteiger partial charge in [-0.3, -0.25) is 4.90 Å². The lowest BCUT2D eigenvalue weighted by Crippen LogP contribution is -2.40. The van der Waals surface area contributed by atoms with E-state index >= 15 is 0 Å². The molecule has 0 spiro atoms. The van der Waals surface area contributed by atoms with Crippen molar-refractivity contribution in [2.45, 2.75) is 6.54 Å². The van der Waals surface area contributed by atoms with Gasteiger partial charge in [-0.25, -0.2) is 0 Å². The first-order chi connectivity index (χ1) is 11.4. The van der Waals surface area contributed by atoms with Gasteiger partial charge in [-0.05, 0) is 12.1 Å². The predicted molar refractivity (Wildman–Crippen MR) is 85.3 cm³/mol. The van der Waals surface area contributed by atoms with E-state index in [1.54, 1.807) is 7.11 Å². The molecule has 124 valence electrons. The van der Waals surface area contributed by atoms with Gasteiger partial charge >= 0.3 is 0 Å². The Hall–Kier alpha value is -1.96. The van der Waals surface area contributed by atoms with Crippen molar-refractivity contribution in [1.29, 1.82) is 0 Å². The van der Waals surface area contributed by atoms with Crippen molar-refractivity contribution in [3.8, 4) is 17.2 Å². The molecule has 0 aliphatic carbocycles. The Morgan fingerprint density at radius 2 is 2.04 bits per heavy atom. The van der Waals surface area contributed by atoms with Gasteiger partial charge in [0, 0.05) is 26.2 Å². The molecule has 1 fully saturated rings. The van der Waals surface area contributed by atoms with Crippen LogP contribution in [0.25, 0.3) is 11.5 Å². The summed E-state index contributed by atoms with van der Waals surface area (Å²) in [6.07, 6.45) is 0. The van der Waals surface area contributed by atoms with Crippen LogP contribution < -0.4 is 10.1 Å². The Labute approximate surface area is 135 Å². The number of nitrogens with zero attached hydrogens (tertiary/aromatic N) is 3. The first kappa shape index (κ1) is 15.9. The van der Waals surface area contributed by atoms with Gasteiger partial charge in [0.25, 0.3) is 5.89 Å². The minimum Gasteiger partial charge on any atom is -0.496 e. The van der Waals surface area contributed by atoms with E-state index in [4.69, 9.17) is 13.9 Å². The maximum absolute atomic E-state index is 5.71. The van der Waals surface area contributed by atoms with Crippen molar-refractivity contribution >= 4 is 0 Å². The minimum absolute atomic E-state index is 0.479. The van der Waals surface area contributed by atoms with Crippen LogP contribution in [0.2, 0.25) is 0 Å². The highest BCUT2D eigenvalue weighted by atomic mass is 16.5. The number of para-hydroxylation sites is 1. The standard InChI is InChI=1S/C16H22N4O3/c1-21-14-5-3-2-4-13(14)16-19-18-15(23-16)12-17-6-7-20-8-10-22-11-9-20/h2-5,17H,6-12H2,1H3. The van der Waals surface area contributed by atoms with Crippen LogP contribution in [-0.4, -0.2) is 61.6 Å². The molecule has 0 atom stereocenters. The summed E-state index contributed by atoms with van der Waals surface area (Å²) >= 11 is 0. The fraction of sp³-hybridized carbons (Fsp3) is 0.500. The maximum Gasteiger partial charge on any atom is 0.251 e. The quantitative estimate of drug-likeness (QED) is 0.768. The SMILES string of the molecule is COc1ccccc1-c1nnc(CNCCN2CCOCC2)o1. The first-order valence-electron chi connectivity index (χ1n) is 7.83. The fourth-order valence-electron chi connectivity index (χ4n) is 2.51. The molecule has 1 aromatic heterocycles. The minimum atomic E-state index is 0.479. The Morgan fingerprint density at radius 3 is 2.87 bits per heavy atom. The number of hydrogen-bond acceptors (Lipinski definition) is 7. The molecule has 0 radical (unpaired) electrons. The molecule has 1 aromatic carbocycles. The zero-order chi connectivity index (χ0) is 15.9. The second kappa shape index (κ2) is 8.05. The molecular weight excluding hydrogens is 296 g/mol. The molecule has 7 heteroatoms. The highest BCUT2D eigenvalue weighted by molar-refractivity contribution is 5.62. The zero-order valence-electron chi connectivity index (χ0n) is 13.3. The lowest BCUT2D eigenvalue weighted by atomic mass is 10.2. The van der Waals surface area contributed by atoms with Crippen LogP contribution >= 0.6 is 0 Å². The van der Waals surface area contributed by atoms with Gasteiger partial charge in [-0.1, -0.05) is 12.1 Å². The zero-order valence-corrected chi connectivity index (χ0v) is 13.3. The molecule has 3 rings (SSSR count). The van der Waals surface area contributed by atoms with Gasteiger partial charge in [0.1, 0.15) is 5.75 Å². The monoisotopic (exact) mass is 318 g/mol. The van der Waals surface area contributed by atoms with Crippen molar-refractivity contribution in [1.82, 2.24) is 20.4 Å². The number of hydrogen-bond donors (Lipinski definition) is 1. The van der Waals surface area contributed by atoms with E-state index in [1.807, 2.05) is 24.3 Å². The molecule has 7 nitrogen and oxygen atoms in total. The van der Waals surface area contributed by atoms with Crippen molar-refractivity contribution in [3.63, 3.8) is 0 Å². The van der Waals surface area contributed by atoms with E-state index in [2.05, 4.69) is 20.4 Å². The summed E-state index contributed by atoms with van der Waals surface area (Å²) in [7, 11) is 1.63. The Balaban J connectivity index is 1.49. The maximum atomic E-state index is 5.71. The summed E-state index contributed by atoms with van der Waals surface area (Å²) in [5.41, 5.74) is 0.807. The van der Waals surface area contributed by atoms with Crippen LogP contribution in [0.1, 0.15) is 5.89 Å². The fourth-order valence-corrected chi connectivity index (χ4v) is 2.51. The van der Waals surface area contributed by atoms with Crippen LogP contribution in [0.4, 0.5) is 0 Å². The first-order valence-corrected chi connectivity index (χ1v) is 7.83. The van der Waals surface area contributed by atoms with E-state index < -0.39 is 0 Å². The second-order valence-electron chi connectivity index (χ2n) is 5.33. The number of nitrogens with one attached hydrogen (secondary N) is 1. The van der Waals surface area contributed by atoms with Crippen LogP contribution in [0.5, 0.6) is 5.75 Å². The summed E-state index contributed by atoms with van der Waals surface area (Å²) in [4.78, 5) is 2.38. The number of rotatable bonds is 7. The van der Waals surface area contributed by atoms with Gasteiger partial charge in [0.15, 0.2) is 0 Å². The molecule has 0 unspecified atom stereocenters. The normalized spacial score (nSPS) is 15.7. The molecule has 0 amide bonds. The average Bonchev–Trinajstić information content (AvgIpc) is 3.08. The van der Waals surface area contributed by atoms with Crippen LogP contribution in [0.3, 0.4) is 0 Å². The Kier molecular flexibility index (Phi) is 5.57. The molecule has 0 bridgehead atoms. The molecular formula is C16H22N4O3. The third-order valence-electron chi connectivity index (χ3n) is 3.79. The summed E-state index contributed by atoms with van der Waals surface area (Å²) in [6.45, 7) is 6.09. The topological polar surface area (TPSA) is 72.7 Å². The highest BCUT2D eigenvalue weighted by Gasteiger charge is 2.13. The van der Waals surface area contributed by atoms with Gasteiger partial charge < -0.3 is 19.2 Å².